The van der Waals surface area contributed by atoms with Gasteiger partial charge in [0.1, 0.15) is 5.75 Å². The van der Waals surface area contributed by atoms with E-state index in [2.05, 4.69) is 49.6 Å². The lowest BCUT2D eigenvalue weighted by Crippen LogP contribution is -2.35. The van der Waals surface area contributed by atoms with Gasteiger partial charge in [-0.3, -0.25) is 0 Å². The summed E-state index contributed by atoms with van der Waals surface area (Å²) in [6, 6.07) is 9.26. The van der Waals surface area contributed by atoms with Crippen LogP contribution in [0.2, 0.25) is 0 Å². The summed E-state index contributed by atoms with van der Waals surface area (Å²) in [5, 5.41) is 7.13. The van der Waals surface area contributed by atoms with E-state index in [1.54, 1.807) is 0 Å². The fourth-order valence-corrected chi connectivity index (χ4v) is 2.56. The third-order valence-corrected chi connectivity index (χ3v) is 3.58. The Morgan fingerprint density at radius 3 is 2.79 bits per heavy atom. The highest BCUT2D eigenvalue weighted by Gasteiger charge is 2.16. The molecule has 3 nitrogen and oxygen atoms in total. The molecule has 1 aromatic carbocycles. The average Bonchev–Trinajstić information content (AvgIpc) is 2.89. The van der Waals surface area contributed by atoms with Gasteiger partial charge in [0.2, 0.25) is 0 Å². The minimum Gasteiger partial charge on any atom is -0.491 e. The molecule has 2 unspecified atom stereocenters. The number of benzene rings is 1. The molecule has 1 fully saturated rings. The van der Waals surface area contributed by atoms with Gasteiger partial charge in [-0.05, 0) is 46.2 Å². The van der Waals surface area contributed by atoms with Crippen molar-refractivity contribution in [1.82, 2.24) is 10.6 Å². The minimum absolute atomic E-state index is 0.213. The summed E-state index contributed by atoms with van der Waals surface area (Å²) in [6.45, 7) is 8.52. The predicted octanol–water partition coefficient (Wildman–Crippen LogP) is 2.88. The quantitative estimate of drug-likeness (QED) is 0.827. The lowest BCUT2D eigenvalue weighted by molar-refractivity contribution is 0.238. The highest BCUT2D eigenvalue weighted by atomic mass is 16.5. The van der Waals surface area contributed by atoms with Gasteiger partial charge in [0.15, 0.2) is 0 Å². The first kappa shape index (κ1) is 14.4. The van der Waals surface area contributed by atoms with Gasteiger partial charge >= 0.3 is 0 Å². The molecule has 0 spiro atoms. The van der Waals surface area contributed by atoms with Crippen LogP contribution in [0.4, 0.5) is 0 Å². The molecule has 3 heteroatoms. The van der Waals surface area contributed by atoms with Crippen molar-refractivity contribution in [2.24, 2.45) is 0 Å². The first-order chi connectivity index (χ1) is 9.16. The van der Waals surface area contributed by atoms with E-state index in [1.165, 1.54) is 18.4 Å². The number of ether oxygens (including phenoxy) is 1. The van der Waals surface area contributed by atoms with Crippen molar-refractivity contribution in [3.8, 4) is 5.75 Å². The standard InChI is InChI=1S/C16H26N2O/c1-12(2)19-16-9-5-4-8-15(16)13(3)18-11-14-7-6-10-17-14/h4-5,8-9,12-14,17-18H,6-7,10-11H2,1-3H3. The molecule has 1 aliphatic heterocycles. The van der Waals surface area contributed by atoms with Gasteiger partial charge in [-0.1, -0.05) is 18.2 Å². The smallest absolute Gasteiger partial charge is 0.124 e. The summed E-state index contributed by atoms with van der Waals surface area (Å²) in [5.41, 5.74) is 1.24. The number of hydrogen-bond acceptors (Lipinski definition) is 3. The minimum atomic E-state index is 0.213. The van der Waals surface area contributed by atoms with Crippen molar-refractivity contribution in [2.75, 3.05) is 13.1 Å². The molecule has 2 atom stereocenters. The van der Waals surface area contributed by atoms with Gasteiger partial charge in [0.25, 0.3) is 0 Å². The molecule has 106 valence electrons. The molecule has 2 N–H and O–H groups in total. The molecule has 0 amide bonds. The molecule has 1 heterocycles. The molecule has 19 heavy (non-hydrogen) atoms. The highest BCUT2D eigenvalue weighted by Crippen LogP contribution is 2.25. The topological polar surface area (TPSA) is 33.3 Å². The number of rotatable bonds is 6. The van der Waals surface area contributed by atoms with E-state index >= 15 is 0 Å². The van der Waals surface area contributed by atoms with Gasteiger partial charge in [-0.15, -0.1) is 0 Å². The summed E-state index contributed by atoms with van der Waals surface area (Å²) in [7, 11) is 0. The van der Waals surface area contributed by atoms with Gasteiger partial charge in [-0.25, -0.2) is 0 Å². The number of para-hydroxylation sites is 1. The second-order valence-corrected chi connectivity index (χ2v) is 5.63. The molecular formula is C16H26N2O. The van der Waals surface area contributed by atoms with Gasteiger partial charge in [0.05, 0.1) is 6.10 Å². The molecule has 1 saturated heterocycles. The van der Waals surface area contributed by atoms with E-state index in [9.17, 15) is 0 Å². The van der Waals surface area contributed by atoms with Crippen LogP contribution in [-0.2, 0) is 0 Å². The summed E-state index contributed by atoms with van der Waals surface area (Å²) in [6.07, 6.45) is 2.79. The fourth-order valence-electron chi connectivity index (χ4n) is 2.56. The first-order valence-corrected chi connectivity index (χ1v) is 7.39. The Morgan fingerprint density at radius 1 is 1.32 bits per heavy atom. The van der Waals surface area contributed by atoms with Crippen LogP contribution >= 0.6 is 0 Å². The Hall–Kier alpha value is -1.06. The van der Waals surface area contributed by atoms with Crippen LogP contribution in [0.25, 0.3) is 0 Å². The Kier molecular flexibility index (Phi) is 5.23. The maximum atomic E-state index is 5.88. The van der Waals surface area contributed by atoms with Crippen LogP contribution in [0, 0.1) is 0 Å². The van der Waals surface area contributed by atoms with Crippen LogP contribution in [0.1, 0.15) is 45.2 Å². The Bertz CT molecular complexity index is 386. The monoisotopic (exact) mass is 262 g/mol. The summed E-state index contributed by atoms with van der Waals surface area (Å²) in [4.78, 5) is 0. The average molecular weight is 262 g/mol. The largest absolute Gasteiger partial charge is 0.491 e. The van der Waals surface area contributed by atoms with Gasteiger partial charge in [0, 0.05) is 24.2 Å². The zero-order valence-electron chi connectivity index (χ0n) is 12.3. The Labute approximate surface area is 116 Å². The Balaban J connectivity index is 1.95. The molecule has 0 saturated carbocycles. The van der Waals surface area contributed by atoms with E-state index in [4.69, 9.17) is 4.74 Å². The van der Waals surface area contributed by atoms with Crippen LogP contribution in [0.3, 0.4) is 0 Å². The van der Waals surface area contributed by atoms with E-state index in [1.807, 2.05) is 6.07 Å². The zero-order chi connectivity index (χ0) is 13.7. The summed E-state index contributed by atoms with van der Waals surface area (Å²) in [5.74, 6) is 0.997. The Morgan fingerprint density at radius 2 is 2.11 bits per heavy atom. The number of hydrogen-bond donors (Lipinski definition) is 2. The van der Waals surface area contributed by atoms with Crippen LogP contribution in [0.15, 0.2) is 24.3 Å². The molecule has 2 rings (SSSR count). The summed E-state index contributed by atoms with van der Waals surface area (Å²) < 4.78 is 5.88. The molecule has 0 aromatic heterocycles. The van der Waals surface area contributed by atoms with Crippen LogP contribution in [0.5, 0.6) is 5.75 Å². The highest BCUT2D eigenvalue weighted by molar-refractivity contribution is 5.35. The first-order valence-electron chi connectivity index (χ1n) is 7.39. The third-order valence-electron chi connectivity index (χ3n) is 3.58. The maximum Gasteiger partial charge on any atom is 0.124 e. The van der Waals surface area contributed by atoms with Crippen molar-refractivity contribution in [3.05, 3.63) is 29.8 Å². The lowest BCUT2D eigenvalue weighted by atomic mass is 10.1. The normalized spacial score (nSPS) is 20.7. The molecule has 1 aromatic rings. The van der Waals surface area contributed by atoms with Crippen LogP contribution in [-0.4, -0.2) is 25.2 Å². The molecule has 0 aliphatic carbocycles. The second-order valence-electron chi connectivity index (χ2n) is 5.63. The van der Waals surface area contributed by atoms with Crippen molar-refractivity contribution in [2.45, 2.75) is 51.8 Å². The maximum absolute atomic E-state index is 5.88. The van der Waals surface area contributed by atoms with Crippen molar-refractivity contribution >= 4 is 0 Å². The molecule has 0 radical (unpaired) electrons. The second kappa shape index (κ2) is 6.92. The molecule has 0 bridgehead atoms. The van der Waals surface area contributed by atoms with E-state index < -0.39 is 0 Å². The van der Waals surface area contributed by atoms with E-state index in [-0.39, 0.29) is 6.10 Å². The van der Waals surface area contributed by atoms with Crippen LogP contribution < -0.4 is 15.4 Å². The van der Waals surface area contributed by atoms with Gasteiger partial charge < -0.3 is 15.4 Å². The van der Waals surface area contributed by atoms with E-state index in [0.717, 1.165) is 18.8 Å². The zero-order valence-corrected chi connectivity index (χ0v) is 12.3. The van der Waals surface area contributed by atoms with Gasteiger partial charge in [-0.2, -0.15) is 0 Å². The SMILES string of the molecule is CC(C)Oc1ccccc1C(C)NCC1CCCN1. The summed E-state index contributed by atoms with van der Waals surface area (Å²) >= 11 is 0. The lowest BCUT2D eigenvalue weighted by Gasteiger charge is -2.21. The van der Waals surface area contributed by atoms with E-state index in [0.29, 0.717) is 12.1 Å². The number of nitrogens with one attached hydrogen (secondary N) is 2. The molecular weight excluding hydrogens is 236 g/mol. The van der Waals surface area contributed by atoms with Crippen molar-refractivity contribution < 1.29 is 4.74 Å². The third kappa shape index (κ3) is 4.22. The predicted molar refractivity (Wildman–Crippen MR) is 79.6 cm³/mol. The van der Waals surface area contributed by atoms with Crippen molar-refractivity contribution in [1.29, 1.82) is 0 Å². The van der Waals surface area contributed by atoms with Crippen molar-refractivity contribution in [3.63, 3.8) is 0 Å². The fraction of sp³-hybridized carbons (Fsp3) is 0.625. The molecule has 1 aliphatic rings.